The van der Waals surface area contributed by atoms with Crippen molar-refractivity contribution in [1.29, 1.82) is 0 Å². The lowest BCUT2D eigenvalue weighted by molar-refractivity contribution is -0.384. The third-order valence-electron chi connectivity index (χ3n) is 4.42. The van der Waals surface area contributed by atoms with Gasteiger partial charge in [-0.15, -0.1) is 11.3 Å². The molecule has 2 aromatic heterocycles. The molecule has 0 aliphatic heterocycles. The zero-order chi connectivity index (χ0) is 18.3. The van der Waals surface area contributed by atoms with Gasteiger partial charge in [0.1, 0.15) is 16.4 Å². The van der Waals surface area contributed by atoms with Gasteiger partial charge < -0.3 is 10.4 Å². The SMILES string of the molecule is CSc1nc(Nc2cc([N+](=O)[O-])ccc2O)c2c3c(sc2n1)CCCC3. The normalized spacial score (nSPS) is 13.6. The minimum atomic E-state index is -0.486. The highest BCUT2D eigenvalue weighted by Crippen LogP contribution is 2.41. The fourth-order valence-corrected chi connectivity index (χ4v) is 4.87. The number of phenols is 1. The minimum Gasteiger partial charge on any atom is -0.506 e. The molecule has 2 heterocycles. The Balaban J connectivity index is 1.87. The summed E-state index contributed by atoms with van der Waals surface area (Å²) in [5.74, 6) is 0.534. The molecule has 9 heteroatoms. The molecule has 2 N–H and O–H groups in total. The fraction of sp³-hybridized carbons (Fsp3) is 0.294. The average molecular weight is 388 g/mol. The van der Waals surface area contributed by atoms with Crippen LogP contribution in [0.15, 0.2) is 23.4 Å². The van der Waals surface area contributed by atoms with Crippen LogP contribution in [0.2, 0.25) is 0 Å². The van der Waals surface area contributed by atoms with Crippen LogP contribution in [0.1, 0.15) is 23.3 Å². The zero-order valence-electron chi connectivity index (χ0n) is 14.0. The predicted octanol–water partition coefficient (Wildman–Crippen LogP) is 4.65. The largest absolute Gasteiger partial charge is 0.506 e. The van der Waals surface area contributed by atoms with Crippen molar-refractivity contribution >= 4 is 50.5 Å². The fourth-order valence-electron chi connectivity index (χ4n) is 3.18. The summed E-state index contributed by atoms with van der Waals surface area (Å²) >= 11 is 3.13. The number of nitro benzene ring substituents is 1. The molecule has 134 valence electrons. The number of aromatic nitrogens is 2. The van der Waals surface area contributed by atoms with Gasteiger partial charge in [0.05, 0.1) is 16.0 Å². The van der Waals surface area contributed by atoms with E-state index in [1.807, 2.05) is 6.26 Å². The van der Waals surface area contributed by atoms with E-state index in [1.54, 1.807) is 11.3 Å². The van der Waals surface area contributed by atoms with E-state index in [9.17, 15) is 15.2 Å². The second-order valence-electron chi connectivity index (χ2n) is 6.03. The molecule has 7 nitrogen and oxygen atoms in total. The molecule has 3 aromatic rings. The number of anilines is 2. The lowest BCUT2D eigenvalue weighted by Gasteiger charge is -2.13. The van der Waals surface area contributed by atoms with E-state index in [-0.39, 0.29) is 17.1 Å². The number of thiophene rings is 1. The van der Waals surface area contributed by atoms with Gasteiger partial charge in [0.25, 0.3) is 5.69 Å². The number of fused-ring (bicyclic) bond motifs is 3. The van der Waals surface area contributed by atoms with Gasteiger partial charge in [-0.3, -0.25) is 10.1 Å². The molecule has 0 amide bonds. The molecular weight excluding hydrogens is 372 g/mol. The number of rotatable bonds is 4. The summed E-state index contributed by atoms with van der Waals surface area (Å²) in [7, 11) is 0. The van der Waals surface area contributed by atoms with Gasteiger partial charge in [-0.2, -0.15) is 0 Å². The number of nitro groups is 1. The van der Waals surface area contributed by atoms with E-state index in [1.165, 1.54) is 46.8 Å². The molecule has 0 spiro atoms. The summed E-state index contributed by atoms with van der Waals surface area (Å²) in [6.07, 6.45) is 6.24. The van der Waals surface area contributed by atoms with E-state index in [2.05, 4.69) is 15.3 Å². The van der Waals surface area contributed by atoms with Crippen LogP contribution in [0.25, 0.3) is 10.2 Å². The first-order chi connectivity index (χ1) is 12.6. The Kier molecular flexibility index (Phi) is 4.41. The minimum absolute atomic E-state index is 0.0582. The van der Waals surface area contributed by atoms with E-state index >= 15 is 0 Å². The molecule has 1 aromatic carbocycles. The zero-order valence-corrected chi connectivity index (χ0v) is 15.6. The Hall–Kier alpha value is -2.39. The maximum Gasteiger partial charge on any atom is 0.271 e. The van der Waals surface area contributed by atoms with E-state index in [0.29, 0.717) is 11.0 Å². The summed E-state index contributed by atoms with van der Waals surface area (Å²) < 4.78 is 0. The summed E-state index contributed by atoms with van der Waals surface area (Å²) in [5.41, 5.74) is 1.44. The maximum atomic E-state index is 11.0. The second-order valence-corrected chi connectivity index (χ2v) is 7.89. The Morgan fingerprint density at radius 3 is 2.88 bits per heavy atom. The van der Waals surface area contributed by atoms with Gasteiger partial charge in [-0.05, 0) is 43.6 Å². The Morgan fingerprint density at radius 1 is 1.31 bits per heavy atom. The lowest BCUT2D eigenvalue weighted by atomic mass is 9.97. The first kappa shape index (κ1) is 17.0. The predicted molar refractivity (Wildman–Crippen MR) is 104 cm³/mol. The standard InChI is InChI=1S/C17H16N4O3S2/c1-25-17-19-15(18-11-8-9(21(23)24)6-7-12(11)22)14-10-4-2-3-5-13(10)26-16(14)20-17/h6-8,22H,2-5H2,1H3,(H,18,19,20). The molecule has 26 heavy (non-hydrogen) atoms. The molecule has 0 unspecified atom stereocenters. The average Bonchev–Trinajstić information content (AvgIpc) is 3.01. The van der Waals surface area contributed by atoms with Crippen molar-refractivity contribution in [2.45, 2.75) is 30.8 Å². The smallest absolute Gasteiger partial charge is 0.271 e. The van der Waals surface area contributed by atoms with Crippen molar-refractivity contribution in [3.63, 3.8) is 0 Å². The molecule has 0 bridgehead atoms. The summed E-state index contributed by atoms with van der Waals surface area (Å²) in [6, 6.07) is 3.91. The van der Waals surface area contributed by atoms with Crippen LogP contribution in [0, 0.1) is 10.1 Å². The maximum absolute atomic E-state index is 11.0. The van der Waals surface area contributed by atoms with E-state index in [0.717, 1.165) is 29.5 Å². The van der Waals surface area contributed by atoms with Gasteiger partial charge in [0.15, 0.2) is 5.16 Å². The number of phenolic OH excluding ortho intramolecular Hbond substituents is 1. The number of thioether (sulfide) groups is 1. The highest BCUT2D eigenvalue weighted by molar-refractivity contribution is 7.98. The molecule has 0 saturated heterocycles. The molecule has 0 fully saturated rings. The van der Waals surface area contributed by atoms with Crippen molar-refractivity contribution in [3.8, 4) is 5.75 Å². The van der Waals surface area contributed by atoms with Crippen molar-refractivity contribution in [2.24, 2.45) is 0 Å². The first-order valence-electron chi connectivity index (χ1n) is 8.17. The summed E-state index contributed by atoms with van der Waals surface area (Å²) in [4.78, 5) is 22.0. The molecule has 0 radical (unpaired) electrons. The van der Waals surface area contributed by atoms with Crippen LogP contribution in [0.3, 0.4) is 0 Å². The highest BCUT2D eigenvalue weighted by atomic mass is 32.2. The van der Waals surface area contributed by atoms with E-state index < -0.39 is 4.92 Å². The van der Waals surface area contributed by atoms with Crippen molar-refractivity contribution in [1.82, 2.24) is 9.97 Å². The van der Waals surface area contributed by atoms with Crippen LogP contribution < -0.4 is 5.32 Å². The Morgan fingerprint density at radius 2 is 2.12 bits per heavy atom. The number of aromatic hydroxyl groups is 1. The molecule has 4 rings (SSSR count). The monoisotopic (exact) mass is 388 g/mol. The number of nitrogens with zero attached hydrogens (tertiary/aromatic N) is 3. The van der Waals surface area contributed by atoms with Crippen LogP contribution in [-0.2, 0) is 12.8 Å². The van der Waals surface area contributed by atoms with Crippen LogP contribution in [-0.4, -0.2) is 26.3 Å². The lowest BCUT2D eigenvalue weighted by Crippen LogP contribution is -2.02. The van der Waals surface area contributed by atoms with Gasteiger partial charge in [0.2, 0.25) is 0 Å². The van der Waals surface area contributed by atoms with Gasteiger partial charge >= 0.3 is 0 Å². The third-order valence-corrected chi connectivity index (χ3v) is 6.15. The number of benzene rings is 1. The van der Waals surface area contributed by atoms with Crippen LogP contribution in [0.5, 0.6) is 5.75 Å². The number of hydrogen-bond donors (Lipinski definition) is 2. The highest BCUT2D eigenvalue weighted by Gasteiger charge is 2.22. The molecule has 0 saturated carbocycles. The number of nitrogens with one attached hydrogen (secondary N) is 1. The van der Waals surface area contributed by atoms with Crippen molar-refractivity contribution < 1.29 is 10.0 Å². The Labute approximate surface area is 157 Å². The van der Waals surface area contributed by atoms with Gasteiger partial charge in [0, 0.05) is 17.0 Å². The van der Waals surface area contributed by atoms with Crippen molar-refractivity contribution in [2.75, 3.05) is 11.6 Å². The third kappa shape index (κ3) is 2.97. The topological polar surface area (TPSA) is 101 Å². The number of aryl methyl sites for hydroxylation is 2. The number of non-ortho nitro benzene ring substituents is 1. The molecule has 0 atom stereocenters. The number of hydrogen-bond acceptors (Lipinski definition) is 8. The van der Waals surface area contributed by atoms with Gasteiger partial charge in [-0.1, -0.05) is 11.8 Å². The van der Waals surface area contributed by atoms with Crippen LogP contribution >= 0.6 is 23.1 Å². The van der Waals surface area contributed by atoms with Crippen LogP contribution in [0.4, 0.5) is 17.2 Å². The van der Waals surface area contributed by atoms with Crippen molar-refractivity contribution in [3.05, 3.63) is 38.8 Å². The van der Waals surface area contributed by atoms with E-state index in [4.69, 9.17) is 0 Å². The molecule has 1 aliphatic rings. The first-order valence-corrected chi connectivity index (χ1v) is 10.2. The second kappa shape index (κ2) is 6.73. The quantitative estimate of drug-likeness (QED) is 0.220. The Bertz CT molecular complexity index is 1020. The molecule has 1 aliphatic carbocycles. The molecular formula is C17H16N4O3S2. The summed E-state index contributed by atoms with van der Waals surface area (Å²) in [5, 5.41) is 25.9. The van der Waals surface area contributed by atoms with Gasteiger partial charge in [-0.25, -0.2) is 9.97 Å². The summed E-state index contributed by atoms with van der Waals surface area (Å²) in [6.45, 7) is 0.